The summed E-state index contributed by atoms with van der Waals surface area (Å²) in [5.74, 6) is 0. The minimum Gasteiger partial charge on any atom is -0.459 e. The number of unbranched alkanes of at least 4 members (excludes halogenated alkanes) is 1. The van der Waals surface area contributed by atoms with Crippen LogP contribution in [0.5, 0.6) is 0 Å². The van der Waals surface area contributed by atoms with E-state index in [0.717, 1.165) is 12.8 Å². The maximum atomic E-state index is 4.64. The number of carbonyl (C=O) groups excluding carboxylic acids is 1. The maximum absolute atomic E-state index is 4.64. The van der Waals surface area contributed by atoms with Gasteiger partial charge in [-0.15, -0.1) is 0 Å². The van der Waals surface area contributed by atoms with E-state index in [1.165, 1.54) is 5.57 Å². The molecule has 0 unspecified atom stereocenters. The van der Waals surface area contributed by atoms with Crippen LogP contribution in [0, 0.1) is 0 Å². The molecule has 0 bridgehead atoms. The van der Waals surface area contributed by atoms with Gasteiger partial charge in [0.1, 0.15) is 0 Å². The topological polar surface area (TPSA) is 11.3 Å². The summed E-state index contributed by atoms with van der Waals surface area (Å²) in [6, 6.07) is 0. The van der Waals surface area contributed by atoms with Crippen LogP contribution in [0.4, 0.5) is 0 Å². The average molecular weight is 126 g/mol. The SMILES string of the molecule is C[O+]=[C-]CCC=C(C)C. The zero-order valence-corrected chi connectivity index (χ0v) is 6.40. The lowest BCUT2D eigenvalue weighted by molar-refractivity contribution is 0.181. The smallest absolute Gasteiger partial charge is 0.208 e. The summed E-state index contributed by atoms with van der Waals surface area (Å²) in [6.45, 7) is 4.18. The van der Waals surface area contributed by atoms with Crippen LogP contribution < -0.4 is 0 Å². The Morgan fingerprint density at radius 1 is 1.56 bits per heavy atom. The average Bonchev–Trinajstić information content (AvgIpc) is 1.80. The van der Waals surface area contributed by atoms with Crippen LogP contribution in [0.1, 0.15) is 26.7 Å². The van der Waals surface area contributed by atoms with Gasteiger partial charge in [0.15, 0.2) is 0 Å². The van der Waals surface area contributed by atoms with E-state index < -0.39 is 0 Å². The highest BCUT2D eigenvalue weighted by molar-refractivity contribution is 5.51. The molecule has 0 radical (unpaired) electrons. The summed E-state index contributed by atoms with van der Waals surface area (Å²) in [7, 11) is 1.63. The molecule has 0 spiro atoms. The van der Waals surface area contributed by atoms with E-state index in [1.54, 1.807) is 7.11 Å². The van der Waals surface area contributed by atoms with Crippen molar-refractivity contribution in [1.29, 1.82) is 0 Å². The minimum atomic E-state index is 0.891. The van der Waals surface area contributed by atoms with Gasteiger partial charge in [0.2, 0.25) is 7.11 Å². The van der Waals surface area contributed by atoms with Crippen molar-refractivity contribution in [3.63, 3.8) is 0 Å². The maximum Gasteiger partial charge on any atom is 0.208 e. The van der Waals surface area contributed by atoms with Crippen LogP contribution in [-0.4, -0.2) is 13.4 Å². The number of rotatable bonds is 3. The molecule has 1 nitrogen and oxygen atoms in total. The zero-order chi connectivity index (χ0) is 7.11. The summed E-state index contributed by atoms with van der Waals surface area (Å²) in [6.07, 6.45) is 6.86. The first-order chi connectivity index (χ1) is 4.27. The first-order valence-corrected chi connectivity index (χ1v) is 3.16. The number of allylic oxidation sites excluding steroid dienone is 2. The number of hydrogen-bond acceptors (Lipinski definition) is 0. The molecule has 0 saturated heterocycles. The molecule has 9 heavy (non-hydrogen) atoms. The Kier molecular flexibility index (Phi) is 5.18. The molecule has 0 rings (SSSR count). The van der Waals surface area contributed by atoms with Gasteiger partial charge in [-0.05, 0) is 20.1 Å². The molecular weight excluding hydrogens is 112 g/mol. The fourth-order valence-corrected chi connectivity index (χ4v) is 0.522. The van der Waals surface area contributed by atoms with Crippen molar-refractivity contribution >= 4 is 6.29 Å². The predicted molar refractivity (Wildman–Crippen MR) is 40.3 cm³/mol. The van der Waals surface area contributed by atoms with Gasteiger partial charge in [-0.1, -0.05) is 24.5 Å². The normalized spacial score (nSPS) is 10.1. The highest BCUT2D eigenvalue weighted by Gasteiger charge is 1.74. The van der Waals surface area contributed by atoms with Crippen molar-refractivity contribution in [1.82, 2.24) is 0 Å². The van der Waals surface area contributed by atoms with Crippen LogP contribution in [-0.2, 0) is 4.42 Å². The molecule has 0 aliphatic heterocycles. The Hall–Kier alpha value is -0.590. The molecule has 0 aliphatic rings. The quantitative estimate of drug-likeness (QED) is 0.237. The van der Waals surface area contributed by atoms with Gasteiger partial charge >= 0.3 is 0 Å². The second kappa shape index (κ2) is 5.54. The predicted octanol–water partition coefficient (Wildman–Crippen LogP) is 2.01. The summed E-state index contributed by atoms with van der Waals surface area (Å²) < 4.78 is 4.64. The Balaban J connectivity index is 3.20. The first kappa shape index (κ1) is 8.41. The van der Waals surface area contributed by atoms with Crippen molar-refractivity contribution in [3.05, 3.63) is 11.6 Å². The second-order valence-corrected chi connectivity index (χ2v) is 2.17. The van der Waals surface area contributed by atoms with Crippen molar-refractivity contribution in [3.8, 4) is 0 Å². The van der Waals surface area contributed by atoms with E-state index in [4.69, 9.17) is 0 Å². The molecule has 0 aliphatic carbocycles. The Labute approximate surface area is 57.1 Å². The molecule has 0 aromatic heterocycles. The van der Waals surface area contributed by atoms with Crippen molar-refractivity contribution < 1.29 is 4.42 Å². The van der Waals surface area contributed by atoms with Crippen LogP contribution in [0.2, 0.25) is 0 Å². The summed E-state index contributed by atoms with van der Waals surface area (Å²) in [5, 5.41) is 0. The van der Waals surface area contributed by atoms with Gasteiger partial charge in [-0.2, -0.15) is 0 Å². The van der Waals surface area contributed by atoms with Gasteiger partial charge in [-0.25, -0.2) is 0 Å². The molecule has 0 saturated carbocycles. The van der Waals surface area contributed by atoms with Crippen LogP contribution >= 0.6 is 0 Å². The lowest BCUT2D eigenvalue weighted by Gasteiger charge is -1.89. The monoisotopic (exact) mass is 126 g/mol. The zero-order valence-electron chi connectivity index (χ0n) is 6.40. The van der Waals surface area contributed by atoms with E-state index in [1.807, 2.05) is 0 Å². The van der Waals surface area contributed by atoms with Crippen LogP contribution in [0.25, 0.3) is 0 Å². The molecule has 0 fully saturated rings. The minimum absolute atomic E-state index is 0.891. The van der Waals surface area contributed by atoms with Gasteiger partial charge in [0.25, 0.3) is 0 Å². The van der Waals surface area contributed by atoms with Crippen LogP contribution in [0.3, 0.4) is 0 Å². The van der Waals surface area contributed by atoms with Crippen molar-refractivity contribution in [2.24, 2.45) is 0 Å². The third-order valence-electron chi connectivity index (χ3n) is 0.943. The fourth-order valence-electron chi connectivity index (χ4n) is 0.522. The molecule has 0 heterocycles. The van der Waals surface area contributed by atoms with E-state index in [0.29, 0.717) is 0 Å². The Morgan fingerprint density at radius 2 is 2.22 bits per heavy atom. The molecule has 1 heteroatoms. The van der Waals surface area contributed by atoms with Crippen molar-refractivity contribution in [2.45, 2.75) is 26.7 Å². The second-order valence-electron chi connectivity index (χ2n) is 2.17. The third-order valence-corrected chi connectivity index (χ3v) is 0.943. The standard InChI is InChI=1S/C8H14O/c1-8(2)6-4-5-7-9-3/h6H,4-5H2,1-3H3. The third kappa shape index (κ3) is 7.41. The molecule has 0 atom stereocenters. The Morgan fingerprint density at radius 3 is 2.67 bits per heavy atom. The summed E-state index contributed by atoms with van der Waals surface area (Å²) in [4.78, 5) is 0. The van der Waals surface area contributed by atoms with Crippen LogP contribution in [0.15, 0.2) is 11.6 Å². The highest BCUT2D eigenvalue weighted by atomic mass is 16.4. The summed E-state index contributed by atoms with van der Waals surface area (Å²) in [5.41, 5.74) is 1.35. The molecule has 52 valence electrons. The van der Waals surface area contributed by atoms with E-state index in [2.05, 4.69) is 30.6 Å². The van der Waals surface area contributed by atoms with Gasteiger partial charge in [0.05, 0.1) is 0 Å². The van der Waals surface area contributed by atoms with Gasteiger partial charge < -0.3 is 4.42 Å². The first-order valence-electron chi connectivity index (χ1n) is 3.16. The molecule has 0 aromatic rings. The molecular formula is C8H14O. The number of hydrogen-bond donors (Lipinski definition) is 0. The van der Waals surface area contributed by atoms with Gasteiger partial charge in [-0.3, -0.25) is 0 Å². The molecule has 0 aromatic carbocycles. The fraction of sp³-hybridized carbons (Fsp3) is 0.625. The summed E-state index contributed by atoms with van der Waals surface area (Å²) >= 11 is 0. The van der Waals surface area contributed by atoms with Gasteiger partial charge in [0, 0.05) is 0 Å². The largest absolute Gasteiger partial charge is 0.459 e. The highest BCUT2D eigenvalue weighted by Crippen LogP contribution is 1.93. The van der Waals surface area contributed by atoms with E-state index >= 15 is 0 Å². The lowest BCUT2D eigenvalue weighted by atomic mass is 10.2. The van der Waals surface area contributed by atoms with E-state index in [9.17, 15) is 0 Å². The van der Waals surface area contributed by atoms with E-state index in [-0.39, 0.29) is 0 Å². The Bertz CT molecular complexity index is 108. The molecule has 0 N–H and O–H groups in total. The van der Waals surface area contributed by atoms with Crippen molar-refractivity contribution in [2.75, 3.05) is 7.11 Å². The molecule has 0 amide bonds. The lowest BCUT2D eigenvalue weighted by Crippen LogP contribution is -1.75.